The fraction of sp³-hybridized carbons (Fsp3) is 0.381. The first-order chi connectivity index (χ1) is 15.1. The molecule has 174 valence electrons. The van der Waals surface area contributed by atoms with Gasteiger partial charge in [-0.2, -0.15) is 0 Å². The highest BCUT2D eigenvalue weighted by Gasteiger charge is 2.33. The number of aliphatic carboxylic acids is 1. The molecular formula is C21H23Cl3N2O4S2. The zero-order valence-corrected chi connectivity index (χ0v) is 21.1. The number of carboxylic acid groups (broad SMARTS) is 1. The Kier molecular flexibility index (Phi) is 8.63. The molecule has 2 aromatic rings. The number of benzene rings is 2. The zero-order valence-electron chi connectivity index (χ0n) is 17.2. The Morgan fingerprint density at radius 3 is 2.50 bits per heavy atom. The first-order valence-electron chi connectivity index (χ1n) is 9.92. The number of nitrogens with zero attached hydrogens (tertiary/aromatic N) is 2. The second kappa shape index (κ2) is 10.8. The van der Waals surface area contributed by atoms with Crippen LogP contribution in [0.4, 0.5) is 5.69 Å². The minimum absolute atomic E-state index is 0.0476. The molecule has 11 heteroatoms. The summed E-state index contributed by atoms with van der Waals surface area (Å²) in [6, 6.07) is 10.2. The van der Waals surface area contributed by atoms with Crippen LogP contribution < -0.4 is 4.31 Å². The second-order valence-electron chi connectivity index (χ2n) is 7.45. The van der Waals surface area contributed by atoms with Crippen molar-refractivity contribution >= 4 is 68.2 Å². The fourth-order valence-electron chi connectivity index (χ4n) is 3.60. The molecule has 1 fully saturated rings. The van der Waals surface area contributed by atoms with E-state index < -0.39 is 22.0 Å². The number of hydrogen-bond acceptors (Lipinski definition) is 5. The van der Waals surface area contributed by atoms with Crippen LogP contribution in [0, 0.1) is 0 Å². The van der Waals surface area contributed by atoms with E-state index in [2.05, 4.69) is 4.90 Å². The molecule has 3 rings (SSSR count). The first-order valence-corrected chi connectivity index (χ1v) is 13.5. The summed E-state index contributed by atoms with van der Waals surface area (Å²) in [5.41, 5.74) is 0.291. The lowest BCUT2D eigenvalue weighted by Crippen LogP contribution is -2.42. The molecule has 0 aliphatic carbocycles. The summed E-state index contributed by atoms with van der Waals surface area (Å²) in [4.78, 5) is 13.3. The molecule has 0 amide bonds. The molecule has 6 nitrogen and oxygen atoms in total. The highest BCUT2D eigenvalue weighted by Crippen LogP contribution is 2.36. The quantitative estimate of drug-likeness (QED) is 0.457. The van der Waals surface area contributed by atoms with Crippen LogP contribution in [0.15, 0.2) is 47.4 Å². The van der Waals surface area contributed by atoms with Gasteiger partial charge in [0.25, 0.3) is 10.0 Å². The number of carboxylic acids is 1. The van der Waals surface area contributed by atoms with Crippen molar-refractivity contribution in [1.29, 1.82) is 0 Å². The predicted molar refractivity (Wildman–Crippen MR) is 132 cm³/mol. The van der Waals surface area contributed by atoms with E-state index in [1.54, 1.807) is 30.8 Å². The zero-order chi connectivity index (χ0) is 23.5. The van der Waals surface area contributed by atoms with Gasteiger partial charge in [0.1, 0.15) is 0 Å². The van der Waals surface area contributed by atoms with Gasteiger partial charge in [0.15, 0.2) is 0 Å². The maximum absolute atomic E-state index is 13.6. The number of hydrogen-bond donors (Lipinski definition) is 1. The smallest absolute Gasteiger partial charge is 0.305 e. The van der Waals surface area contributed by atoms with E-state index in [4.69, 9.17) is 39.9 Å². The van der Waals surface area contributed by atoms with Crippen LogP contribution in [0.5, 0.6) is 0 Å². The van der Waals surface area contributed by atoms with Gasteiger partial charge in [-0.1, -0.05) is 34.8 Å². The molecule has 0 spiro atoms. The molecule has 0 saturated carbocycles. The lowest BCUT2D eigenvalue weighted by molar-refractivity contribution is -0.137. The molecule has 0 radical (unpaired) electrons. The highest BCUT2D eigenvalue weighted by molar-refractivity contribution is 8.00. The maximum Gasteiger partial charge on any atom is 0.305 e. The van der Waals surface area contributed by atoms with Gasteiger partial charge < -0.3 is 5.11 Å². The average molecular weight is 538 g/mol. The summed E-state index contributed by atoms with van der Waals surface area (Å²) < 4.78 is 28.6. The number of anilines is 1. The van der Waals surface area contributed by atoms with Gasteiger partial charge >= 0.3 is 5.97 Å². The Bertz CT molecular complexity index is 1070. The van der Waals surface area contributed by atoms with Gasteiger partial charge in [-0.05, 0) is 55.8 Å². The summed E-state index contributed by atoms with van der Waals surface area (Å²) in [7, 11) is -3.97. The molecular weight excluding hydrogens is 515 g/mol. The summed E-state index contributed by atoms with van der Waals surface area (Å²) in [5.74, 6) is -0.000664. The van der Waals surface area contributed by atoms with Crippen LogP contribution in [0.3, 0.4) is 0 Å². The van der Waals surface area contributed by atoms with E-state index in [-0.39, 0.29) is 21.7 Å². The molecule has 1 heterocycles. The Morgan fingerprint density at radius 1 is 1.19 bits per heavy atom. The first kappa shape index (κ1) is 25.5. The Morgan fingerprint density at radius 2 is 1.84 bits per heavy atom. The molecule has 2 aromatic carbocycles. The van der Waals surface area contributed by atoms with Crippen molar-refractivity contribution in [3.05, 3.63) is 57.5 Å². The summed E-state index contributed by atoms with van der Waals surface area (Å²) >= 11 is 20.1. The van der Waals surface area contributed by atoms with Gasteiger partial charge in [0.2, 0.25) is 0 Å². The predicted octanol–water partition coefficient (Wildman–Crippen LogP) is 5.47. The molecule has 0 bridgehead atoms. The van der Waals surface area contributed by atoms with E-state index in [1.807, 2.05) is 0 Å². The lowest BCUT2D eigenvalue weighted by Gasteiger charge is -2.33. The van der Waals surface area contributed by atoms with Crippen molar-refractivity contribution in [3.8, 4) is 0 Å². The van der Waals surface area contributed by atoms with Crippen LogP contribution >= 0.6 is 46.6 Å². The lowest BCUT2D eigenvalue weighted by atomic mass is 10.2. The summed E-state index contributed by atoms with van der Waals surface area (Å²) in [5, 5.41) is 10.1. The van der Waals surface area contributed by atoms with E-state index >= 15 is 0 Å². The maximum atomic E-state index is 13.6. The van der Waals surface area contributed by atoms with E-state index in [0.717, 1.165) is 12.3 Å². The SMILES string of the molecule is CC(CCN1CCS[C@@H]1CC(=O)O)N(c1cc(Cl)ccc1Cl)S(=O)(=O)c1ccc(Cl)cc1. The van der Waals surface area contributed by atoms with E-state index in [0.29, 0.717) is 28.7 Å². The van der Waals surface area contributed by atoms with Gasteiger partial charge in [-0.25, -0.2) is 8.42 Å². The van der Waals surface area contributed by atoms with Crippen molar-refractivity contribution in [1.82, 2.24) is 4.90 Å². The Balaban J connectivity index is 1.91. The third-order valence-corrected chi connectivity index (χ3v) is 9.21. The molecule has 1 aliphatic rings. The van der Waals surface area contributed by atoms with Crippen molar-refractivity contribution in [2.24, 2.45) is 0 Å². The monoisotopic (exact) mass is 536 g/mol. The second-order valence-corrected chi connectivity index (χ2v) is 11.8. The summed E-state index contributed by atoms with van der Waals surface area (Å²) in [6.45, 7) is 3.12. The fourth-order valence-corrected chi connectivity index (χ4v) is 7.14. The molecule has 1 N–H and O–H groups in total. The van der Waals surface area contributed by atoms with Gasteiger partial charge in [-0.3, -0.25) is 14.0 Å². The molecule has 1 aliphatic heterocycles. The molecule has 2 atom stereocenters. The van der Waals surface area contributed by atoms with Crippen LogP contribution in [-0.2, 0) is 14.8 Å². The average Bonchev–Trinajstić information content (AvgIpc) is 3.15. The van der Waals surface area contributed by atoms with Gasteiger partial charge in [0.05, 0.1) is 27.4 Å². The molecule has 0 aromatic heterocycles. The molecule has 1 saturated heterocycles. The van der Waals surface area contributed by atoms with Gasteiger partial charge in [0, 0.05) is 34.9 Å². The Labute approximate surface area is 207 Å². The van der Waals surface area contributed by atoms with Crippen LogP contribution in [-0.4, -0.2) is 54.7 Å². The molecule has 32 heavy (non-hydrogen) atoms. The largest absolute Gasteiger partial charge is 0.481 e. The topological polar surface area (TPSA) is 77.9 Å². The number of halogens is 3. The van der Waals surface area contributed by atoms with Gasteiger partial charge in [-0.15, -0.1) is 11.8 Å². The number of sulfonamides is 1. The number of thioether (sulfide) groups is 1. The van der Waals surface area contributed by atoms with Crippen molar-refractivity contribution in [3.63, 3.8) is 0 Å². The minimum Gasteiger partial charge on any atom is -0.481 e. The van der Waals surface area contributed by atoms with Crippen LogP contribution in [0.25, 0.3) is 0 Å². The number of carbonyl (C=O) groups is 1. The van der Waals surface area contributed by atoms with Crippen LogP contribution in [0.1, 0.15) is 19.8 Å². The Hall–Kier alpha value is -1.16. The van der Waals surface area contributed by atoms with E-state index in [1.165, 1.54) is 34.6 Å². The van der Waals surface area contributed by atoms with Crippen molar-refractivity contribution < 1.29 is 18.3 Å². The van der Waals surface area contributed by atoms with Crippen molar-refractivity contribution in [2.45, 2.75) is 36.1 Å². The minimum atomic E-state index is -3.97. The highest BCUT2D eigenvalue weighted by atomic mass is 35.5. The third kappa shape index (κ3) is 6.04. The summed E-state index contributed by atoms with van der Waals surface area (Å²) in [6.07, 6.45) is 0.526. The molecule has 1 unspecified atom stereocenters. The normalized spacial score (nSPS) is 17.9. The number of rotatable bonds is 9. The van der Waals surface area contributed by atoms with E-state index in [9.17, 15) is 13.2 Å². The standard InChI is InChI=1S/C21H23Cl3N2O4S2/c1-14(8-9-25-10-11-31-20(25)13-21(27)28)26(19-12-16(23)4-7-18(19)24)32(29,30)17-5-2-15(22)3-6-17/h2-7,12,14,20H,8-11,13H2,1H3,(H,27,28)/t14?,20-/m1/s1. The third-order valence-electron chi connectivity index (χ3n) is 5.20. The van der Waals surface area contributed by atoms with Crippen molar-refractivity contribution in [2.75, 3.05) is 23.1 Å². The van der Waals surface area contributed by atoms with Crippen LogP contribution in [0.2, 0.25) is 15.1 Å².